The third kappa shape index (κ3) is 3.31. The molecule has 3 aromatic heterocycles. The van der Waals surface area contributed by atoms with Gasteiger partial charge < -0.3 is 4.42 Å². The Kier molecular flexibility index (Phi) is 4.58. The highest BCUT2D eigenvalue weighted by Gasteiger charge is 2.19. The van der Waals surface area contributed by atoms with Crippen molar-refractivity contribution >= 4 is 65.7 Å². The SMILES string of the molecule is c1ccc2cc(-c3c4ccccc4c(-c4ccc5oc6nc7ncccc7nc6c5c4)c4ccccc34)ccc2c1. The van der Waals surface area contributed by atoms with Crippen LogP contribution in [-0.4, -0.2) is 15.0 Å². The van der Waals surface area contributed by atoms with Gasteiger partial charge >= 0.3 is 0 Å². The van der Waals surface area contributed by atoms with E-state index in [1.807, 2.05) is 18.2 Å². The molecule has 0 aliphatic heterocycles. The van der Waals surface area contributed by atoms with Crippen molar-refractivity contribution in [2.45, 2.75) is 0 Å². The molecule has 0 radical (unpaired) electrons. The van der Waals surface area contributed by atoms with Gasteiger partial charge in [-0.1, -0.05) is 91.0 Å². The molecule has 0 amide bonds. The van der Waals surface area contributed by atoms with Gasteiger partial charge in [0.25, 0.3) is 0 Å². The summed E-state index contributed by atoms with van der Waals surface area (Å²) in [5.41, 5.74) is 8.15. The summed E-state index contributed by atoms with van der Waals surface area (Å²) in [5.74, 6) is 0. The molecule has 4 heteroatoms. The first-order valence-corrected chi connectivity index (χ1v) is 13.7. The van der Waals surface area contributed by atoms with Gasteiger partial charge in [-0.3, -0.25) is 0 Å². The zero-order valence-corrected chi connectivity index (χ0v) is 21.9. The monoisotopic (exact) mass is 523 g/mol. The second-order valence-corrected chi connectivity index (χ2v) is 10.4. The van der Waals surface area contributed by atoms with Gasteiger partial charge in [0.2, 0.25) is 5.71 Å². The molecule has 4 nitrogen and oxygen atoms in total. The number of pyridine rings is 1. The molecule has 0 aliphatic carbocycles. The Morgan fingerprint density at radius 2 is 1.12 bits per heavy atom. The van der Waals surface area contributed by atoms with Crippen LogP contribution in [0.15, 0.2) is 132 Å². The zero-order chi connectivity index (χ0) is 26.9. The molecule has 0 saturated carbocycles. The van der Waals surface area contributed by atoms with E-state index in [1.165, 1.54) is 49.0 Å². The van der Waals surface area contributed by atoms with Crippen LogP contribution in [0.4, 0.5) is 0 Å². The first-order chi connectivity index (χ1) is 20.3. The minimum Gasteiger partial charge on any atom is -0.436 e. The average Bonchev–Trinajstić information content (AvgIpc) is 3.38. The molecular formula is C37H21N3O. The van der Waals surface area contributed by atoms with Crippen LogP contribution in [0.2, 0.25) is 0 Å². The number of fused-ring (bicyclic) bond motifs is 7. The van der Waals surface area contributed by atoms with Crippen molar-refractivity contribution in [3.63, 3.8) is 0 Å². The molecule has 0 fully saturated rings. The third-order valence-electron chi connectivity index (χ3n) is 8.11. The smallest absolute Gasteiger partial charge is 0.248 e. The fraction of sp³-hybridized carbons (Fsp3) is 0. The average molecular weight is 524 g/mol. The lowest BCUT2D eigenvalue weighted by molar-refractivity contribution is 0.654. The van der Waals surface area contributed by atoms with E-state index in [1.54, 1.807) is 6.20 Å². The summed E-state index contributed by atoms with van der Waals surface area (Å²) in [7, 11) is 0. The molecule has 41 heavy (non-hydrogen) atoms. The Balaban J connectivity index is 1.36. The fourth-order valence-corrected chi connectivity index (χ4v) is 6.28. The number of nitrogens with zero attached hydrogens (tertiary/aromatic N) is 3. The van der Waals surface area contributed by atoms with E-state index in [9.17, 15) is 0 Å². The molecular weight excluding hydrogens is 502 g/mol. The molecule has 0 aliphatic rings. The van der Waals surface area contributed by atoms with Crippen molar-refractivity contribution in [1.29, 1.82) is 0 Å². The topological polar surface area (TPSA) is 51.8 Å². The zero-order valence-electron chi connectivity index (χ0n) is 21.9. The molecule has 0 unspecified atom stereocenters. The molecule has 6 aromatic carbocycles. The van der Waals surface area contributed by atoms with E-state index in [-0.39, 0.29) is 0 Å². The fourth-order valence-electron chi connectivity index (χ4n) is 6.28. The van der Waals surface area contributed by atoms with E-state index in [2.05, 4.69) is 113 Å². The predicted octanol–water partition coefficient (Wildman–Crippen LogP) is 9.72. The minimum absolute atomic E-state index is 0.504. The lowest BCUT2D eigenvalue weighted by Gasteiger charge is -2.18. The van der Waals surface area contributed by atoms with Crippen molar-refractivity contribution in [2.75, 3.05) is 0 Å². The quantitative estimate of drug-likeness (QED) is 0.212. The lowest BCUT2D eigenvalue weighted by atomic mass is 9.85. The summed E-state index contributed by atoms with van der Waals surface area (Å²) in [6, 6.07) is 43.0. The number of rotatable bonds is 2. The molecule has 9 rings (SSSR count). The van der Waals surface area contributed by atoms with Crippen LogP contribution in [0.1, 0.15) is 0 Å². The van der Waals surface area contributed by atoms with Crippen molar-refractivity contribution in [1.82, 2.24) is 15.0 Å². The van der Waals surface area contributed by atoms with Crippen molar-refractivity contribution < 1.29 is 4.42 Å². The molecule has 190 valence electrons. The van der Waals surface area contributed by atoms with Gasteiger partial charge in [0.05, 0.1) is 0 Å². The van der Waals surface area contributed by atoms with Crippen molar-refractivity contribution in [3.05, 3.63) is 128 Å². The standard InChI is InChI=1S/C37H21N3O/c1-2-9-23-20-24(16-15-22(23)8-1)33-26-10-3-5-12-28(26)34(29-13-6-4-11-27(29)33)25-17-18-32-30(21-25)35-37(41-32)40-36-31(39-35)14-7-19-38-36/h1-21H. The van der Waals surface area contributed by atoms with Gasteiger partial charge in [-0.15, -0.1) is 0 Å². The molecule has 0 bridgehead atoms. The molecule has 9 aromatic rings. The highest BCUT2D eigenvalue weighted by Crippen LogP contribution is 2.45. The van der Waals surface area contributed by atoms with E-state index >= 15 is 0 Å². The Hall–Kier alpha value is -5.61. The van der Waals surface area contributed by atoms with Gasteiger partial charge in [0.15, 0.2) is 5.65 Å². The van der Waals surface area contributed by atoms with Crippen LogP contribution in [0.3, 0.4) is 0 Å². The van der Waals surface area contributed by atoms with Gasteiger partial charge in [-0.05, 0) is 84.9 Å². The van der Waals surface area contributed by atoms with Gasteiger partial charge in [0, 0.05) is 11.6 Å². The number of hydrogen-bond donors (Lipinski definition) is 0. The number of aromatic nitrogens is 3. The van der Waals surface area contributed by atoms with Crippen LogP contribution < -0.4 is 0 Å². The van der Waals surface area contributed by atoms with Crippen LogP contribution in [0, 0.1) is 0 Å². The molecule has 0 saturated heterocycles. The summed E-state index contributed by atoms with van der Waals surface area (Å²) < 4.78 is 6.12. The lowest BCUT2D eigenvalue weighted by Crippen LogP contribution is -1.91. The first kappa shape index (κ1) is 22.2. The van der Waals surface area contributed by atoms with Gasteiger partial charge in [-0.25, -0.2) is 9.97 Å². The maximum absolute atomic E-state index is 6.12. The second kappa shape index (κ2) is 8.44. The summed E-state index contributed by atoms with van der Waals surface area (Å²) in [6.45, 7) is 0. The van der Waals surface area contributed by atoms with E-state index in [4.69, 9.17) is 9.40 Å². The molecule has 0 atom stereocenters. The normalized spacial score (nSPS) is 11.9. The van der Waals surface area contributed by atoms with Crippen LogP contribution in [-0.2, 0) is 0 Å². The van der Waals surface area contributed by atoms with Crippen LogP contribution >= 0.6 is 0 Å². The van der Waals surface area contributed by atoms with Crippen molar-refractivity contribution in [3.8, 4) is 22.3 Å². The van der Waals surface area contributed by atoms with E-state index in [0.29, 0.717) is 11.4 Å². The Bertz CT molecular complexity index is 2440. The maximum Gasteiger partial charge on any atom is 0.248 e. The number of hydrogen-bond acceptors (Lipinski definition) is 4. The summed E-state index contributed by atoms with van der Waals surface area (Å²) in [5, 5.41) is 8.31. The first-order valence-electron chi connectivity index (χ1n) is 13.7. The van der Waals surface area contributed by atoms with Gasteiger partial charge in [0.1, 0.15) is 16.6 Å². The molecule has 0 N–H and O–H groups in total. The number of furan rings is 1. The van der Waals surface area contributed by atoms with Crippen LogP contribution in [0.5, 0.6) is 0 Å². The summed E-state index contributed by atoms with van der Waals surface area (Å²) in [6.07, 6.45) is 1.72. The Labute approximate surface area is 234 Å². The molecule has 0 spiro atoms. The van der Waals surface area contributed by atoms with E-state index < -0.39 is 0 Å². The van der Waals surface area contributed by atoms with E-state index in [0.717, 1.165) is 27.6 Å². The summed E-state index contributed by atoms with van der Waals surface area (Å²) >= 11 is 0. The Morgan fingerprint density at radius 3 is 1.85 bits per heavy atom. The highest BCUT2D eigenvalue weighted by atomic mass is 16.3. The second-order valence-electron chi connectivity index (χ2n) is 10.4. The number of benzene rings is 6. The van der Waals surface area contributed by atoms with Crippen molar-refractivity contribution in [2.24, 2.45) is 0 Å². The maximum atomic E-state index is 6.12. The molecule has 3 heterocycles. The minimum atomic E-state index is 0.504. The predicted molar refractivity (Wildman–Crippen MR) is 168 cm³/mol. The highest BCUT2D eigenvalue weighted by molar-refractivity contribution is 6.22. The van der Waals surface area contributed by atoms with Crippen LogP contribution in [0.25, 0.3) is 87.9 Å². The summed E-state index contributed by atoms with van der Waals surface area (Å²) in [4.78, 5) is 13.9. The third-order valence-corrected chi connectivity index (χ3v) is 8.11. The van der Waals surface area contributed by atoms with Gasteiger partial charge in [-0.2, -0.15) is 4.98 Å². The largest absolute Gasteiger partial charge is 0.436 e. The Morgan fingerprint density at radius 1 is 0.488 bits per heavy atom.